The summed E-state index contributed by atoms with van der Waals surface area (Å²) in [4.78, 5) is 11.4. The lowest BCUT2D eigenvalue weighted by atomic mass is 9.55. The number of carboxylic acid groups (broad SMARTS) is 1. The maximum Gasteiger partial charge on any atom is 0.335 e. The van der Waals surface area contributed by atoms with Gasteiger partial charge in [0.15, 0.2) is 17.6 Å². The largest absolute Gasteiger partial charge is 0.504 e. The third-order valence-corrected chi connectivity index (χ3v) is 8.81. The molecule has 9 nitrogen and oxygen atoms in total. The molecule has 2 saturated carbocycles. The molecule has 4 aliphatic rings. The van der Waals surface area contributed by atoms with Crippen molar-refractivity contribution >= 4 is 5.97 Å². The topological polar surface area (TPSA) is 157 Å². The van der Waals surface area contributed by atoms with Gasteiger partial charge in [-0.05, 0) is 85.0 Å². The third kappa shape index (κ3) is 3.52. The van der Waals surface area contributed by atoms with Gasteiger partial charge in [0.1, 0.15) is 18.3 Å². The van der Waals surface area contributed by atoms with Crippen molar-refractivity contribution in [3.05, 3.63) is 23.3 Å². The zero-order valence-electron chi connectivity index (χ0n) is 18.5. The number of ether oxygens (including phenoxy) is 2. The van der Waals surface area contributed by atoms with Crippen molar-refractivity contribution in [1.29, 1.82) is 0 Å². The quantitative estimate of drug-likeness (QED) is 0.382. The van der Waals surface area contributed by atoms with E-state index in [1.165, 1.54) is 0 Å². The van der Waals surface area contributed by atoms with Gasteiger partial charge in [0, 0.05) is 0 Å². The lowest BCUT2D eigenvalue weighted by molar-refractivity contribution is -0.271. The molecule has 1 saturated heterocycles. The van der Waals surface area contributed by atoms with E-state index in [9.17, 15) is 35.4 Å². The van der Waals surface area contributed by atoms with E-state index in [1.54, 1.807) is 12.1 Å². The molecule has 0 amide bonds. The number of phenolic OH excluding ortho intramolecular Hbond substituents is 1. The van der Waals surface area contributed by atoms with Crippen molar-refractivity contribution in [2.75, 3.05) is 0 Å². The molecular formula is C24H32O9. The highest BCUT2D eigenvalue weighted by molar-refractivity contribution is 5.73. The summed E-state index contributed by atoms with van der Waals surface area (Å²) in [6, 6.07) is 3.38. The van der Waals surface area contributed by atoms with Crippen LogP contribution in [0.5, 0.6) is 11.5 Å². The average molecular weight is 465 g/mol. The second-order valence-electron chi connectivity index (χ2n) is 10.4. The minimum atomic E-state index is -1.81. The number of carbonyl (C=O) groups is 1. The molecule has 3 aliphatic carbocycles. The molecule has 1 heterocycles. The molecule has 9 heteroatoms. The van der Waals surface area contributed by atoms with Crippen molar-refractivity contribution < 1.29 is 44.9 Å². The molecule has 182 valence electrons. The minimum Gasteiger partial charge on any atom is -0.504 e. The van der Waals surface area contributed by atoms with Crippen LogP contribution in [0.15, 0.2) is 12.1 Å². The first-order chi connectivity index (χ1) is 15.6. The summed E-state index contributed by atoms with van der Waals surface area (Å²) in [5.41, 5.74) is 2.04. The number of aliphatic carboxylic acids is 1. The normalized spacial score (nSPS) is 44.5. The molecule has 10 atom stereocenters. The second-order valence-corrected chi connectivity index (χ2v) is 10.4. The van der Waals surface area contributed by atoms with Gasteiger partial charge in [0.2, 0.25) is 6.29 Å². The molecule has 6 N–H and O–H groups in total. The summed E-state index contributed by atoms with van der Waals surface area (Å²) in [5, 5.41) is 60.6. The Hall–Kier alpha value is -1.91. The van der Waals surface area contributed by atoms with Crippen molar-refractivity contribution in [3.8, 4) is 11.5 Å². The fourth-order valence-electron chi connectivity index (χ4n) is 6.93. The fourth-order valence-corrected chi connectivity index (χ4v) is 6.93. The van der Waals surface area contributed by atoms with Gasteiger partial charge in [-0.2, -0.15) is 0 Å². The maximum atomic E-state index is 11.4. The van der Waals surface area contributed by atoms with Crippen molar-refractivity contribution in [3.63, 3.8) is 0 Å². The van der Waals surface area contributed by atoms with E-state index in [0.29, 0.717) is 11.8 Å². The third-order valence-electron chi connectivity index (χ3n) is 8.81. The fraction of sp³-hybridized carbons (Fsp3) is 0.708. The molecule has 33 heavy (non-hydrogen) atoms. The van der Waals surface area contributed by atoms with Gasteiger partial charge in [0.25, 0.3) is 0 Å². The highest BCUT2D eigenvalue weighted by atomic mass is 16.7. The highest BCUT2D eigenvalue weighted by Crippen LogP contribution is 2.61. The Morgan fingerprint density at radius 3 is 2.55 bits per heavy atom. The summed E-state index contributed by atoms with van der Waals surface area (Å²) >= 11 is 0. The van der Waals surface area contributed by atoms with Gasteiger partial charge in [-0.25, -0.2) is 4.79 Å². The first-order valence-corrected chi connectivity index (χ1v) is 11.7. The molecule has 0 bridgehead atoms. The van der Waals surface area contributed by atoms with Crippen LogP contribution < -0.4 is 4.74 Å². The summed E-state index contributed by atoms with van der Waals surface area (Å²) < 4.78 is 10.9. The van der Waals surface area contributed by atoms with Crippen LogP contribution >= 0.6 is 0 Å². The molecule has 0 spiro atoms. The molecule has 1 aromatic carbocycles. The predicted molar refractivity (Wildman–Crippen MR) is 114 cm³/mol. The van der Waals surface area contributed by atoms with E-state index in [2.05, 4.69) is 6.92 Å². The number of aliphatic hydroxyl groups excluding tert-OH is 4. The summed E-state index contributed by atoms with van der Waals surface area (Å²) in [6.07, 6.45) is -3.42. The van der Waals surface area contributed by atoms with Crippen LogP contribution in [0.1, 0.15) is 56.1 Å². The molecular weight excluding hydrogens is 432 g/mol. The summed E-state index contributed by atoms with van der Waals surface area (Å²) in [5.74, 6) is -0.497. The lowest BCUT2D eigenvalue weighted by Crippen LogP contribution is -2.61. The zero-order chi connectivity index (χ0) is 23.7. The molecule has 0 radical (unpaired) electrons. The Balaban J connectivity index is 1.42. The Morgan fingerprint density at radius 2 is 1.82 bits per heavy atom. The first kappa shape index (κ1) is 22.9. The van der Waals surface area contributed by atoms with Crippen LogP contribution in [0.25, 0.3) is 0 Å². The van der Waals surface area contributed by atoms with E-state index in [1.807, 2.05) is 0 Å². The lowest BCUT2D eigenvalue weighted by Gasteiger charge is -2.50. The van der Waals surface area contributed by atoms with Gasteiger partial charge >= 0.3 is 5.97 Å². The van der Waals surface area contributed by atoms with E-state index in [-0.39, 0.29) is 28.9 Å². The maximum absolute atomic E-state index is 11.4. The molecule has 1 aliphatic heterocycles. The number of benzene rings is 1. The van der Waals surface area contributed by atoms with Crippen molar-refractivity contribution in [2.24, 2.45) is 17.3 Å². The Labute approximate surface area is 191 Å². The average Bonchev–Trinajstić information content (AvgIpc) is 3.08. The van der Waals surface area contributed by atoms with Crippen LogP contribution in [-0.2, 0) is 16.0 Å². The monoisotopic (exact) mass is 464 g/mol. The number of carboxylic acids is 1. The molecule has 0 aromatic heterocycles. The first-order valence-electron chi connectivity index (χ1n) is 11.7. The molecule has 5 rings (SSSR count). The van der Waals surface area contributed by atoms with Crippen LogP contribution in [0.2, 0.25) is 0 Å². The standard InChI is InChI=1S/C24H32O9/c1-24-7-6-11-12(14(24)4-5-17(24)26)3-2-10-8-15(25)16(9-13(10)11)32-23-20(29)18(27)19(28)21(33-23)22(30)31/h8-9,11-12,14,17-21,23,25-29H,2-7H2,1H3,(H,30,31)/t11?,12?,14?,17?,18-,19+,20?,21?,23-,24?/m1/s1. The number of aryl methyl sites for hydroxylation is 1. The number of fused-ring (bicyclic) bond motifs is 5. The van der Waals surface area contributed by atoms with Gasteiger partial charge in [-0.1, -0.05) is 6.92 Å². The van der Waals surface area contributed by atoms with Crippen molar-refractivity contribution in [2.45, 2.75) is 88.2 Å². The Bertz CT molecular complexity index is 935. The van der Waals surface area contributed by atoms with Gasteiger partial charge in [0.05, 0.1) is 6.10 Å². The van der Waals surface area contributed by atoms with E-state index in [4.69, 9.17) is 9.47 Å². The number of rotatable bonds is 3. The van der Waals surface area contributed by atoms with Gasteiger partial charge in [-0.15, -0.1) is 0 Å². The zero-order valence-corrected chi connectivity index (χ0v) is 18.5. The van der Waals surface area contributed by atoms with Crippen LogP contribution in [0.4, 0.5) is 0 Å². The molecule has 7 unspecified atom stereocenters. The number of aliphatic hydroxyl groups is 4. The van der Waals surface area contributed by atoms with Gasteiger partial charge in [-0.3, -0.25) is 0 Å². The minimum absolute atomic E-state index is 0.0333. The highest BCUT2D eigenvalue weighted by Gasteiger charge is 2.54. The number of aromatic hydroxyl groups is 1. The molecule has 3 fully saturated rings. The smallest absolute Gasteiger partial charge is 0.335 e. The number of hydrogen-bond acceptors (Lipinski definition) is 8. The van der Waals surface area contributed by atoms with Crippen LogP contribution in [-0.4, -0.2) is 73.4 Å². The number of phenols is 1. The second kappa shape index (κ2) is 8.09. The summed E-state index contributed by atoms with van der Waals surface area (Å²) in [6.45, 7) is 2.20. The molecule has 1 aromatic rings. The van der Waals surface area contributed by atoms with Crippen LogP contribution in [0.3, 0.4) is 0 Å². The Morgan fingerprint density at radius 1 is 1.06 bits per heavy atom. The van der Waals surface area contributed by atoms with E-state index >= 15 is 0 Å². The SMILES string of the molecule is CC12CCC3c4cc(O[C@@H]5OC(C(=O)O)[C@@H](O)[C@@H](O)C5O)c(O)cc4CCC3C1CCC2O. The predicted octanol–water partition coefficient (Wildman–Crippen LogP) is 0.880. The van der Waals surface area contributed by atoms with E-state index < -0.39 is 36.7 Å². The summed E-state index contributed by atoms with van der Waals surface area (Å²) in [7, 11) is 0. The van der Waals surface area contributed by atoms with E-state index in [0.717, 1.165) is 49.7 Å². The van der Waals surface area contributed by atoms with Gasteiger partial charge < -0.3 is 40.1 Å². The van der Waals surface area contributed by atoms with Crippen molar-refractivity contribution in [1.82, 2.24) is 0 Å². The van der Waals surface area contributed by atoms with Crippen LogP contribution in [0, 0.1) is 17.3 Å². The number of hydrogen-bond donors (Lipinski definition) is 6. The Kier molecular flexibility index (Phi) is 5.61.